The van der Waals surface area contributed by atoms with E-state index >= 15 is 0 Å². The molecule has 6 N–H and O–H groups in total. The second kappa shape index (κ2) is 10.3. The fraction of sp³-hybridized carbons (Fsp3) is 0.886. The van der Waals surface area contributed by atoms with E-state index in [0.717, 1.165) is 0 Å². The molecule has 3 saturated heterocycles. The molecular weight excluding hydrogens is 656 g/mol. The summed E-state index contributed by atoms with van der Waals surface area (Å²) in [4.78, 5) is 52.9. The number of nitrogens with one attached hydrogen (secondary N) is 1. The van der Waals surface area contributed by atoms with E-state index in [9.17, 15) is 34.5 Å². The number of amides is 1. The average Bonchev–Trinajstić information content (AvgIpc) is 3.92. The van der Waals surface area contributed by atoms with Crippen molar-refractivity contribution in [2.45, 2.75) is 128 Å². The van der Waals surface area contributed by atoms with Gasteiger partial charge in [0.2, 0.25) is 5.79 Å². The van der Waals surface area contributed by atoms with Gasteiger partial charge in [-0.1, -0.05) is 20.8 Å². The molecule has 3 heterocycles. The number of aliphatic hydroxyl groups is 3. The van der Waals surface area contributed by atoms with Crippen LogP contribution >= 0.6 is 0 Å². The minimum absolute atomic E-state index is 0.258. The number of rotatable bonds is 4. The molecule has 5 aliphatic carbocycles. The van der Waals surface area contributed by atoms with Crippen molar-refractivity contribution in [2.75, 3.05) is 6.54 Å². The van der Waals surface area contributed by atoms with Gasteiger partial charge in [-0.05, 0) is 44.9 Å². The predicted molar refractivity (Wildman–Crippen MR) is 167 cm³/mol. The highest BCUT2D eigenvalue weighted by molar-refractivity contribution is 5.84. The van der Waals surface area contributed by atoms with Gasteiger partial charge in [0.1, 0.15) is 30.5 Å². The van der Waals surface area contributed by atoms with Crippen molar-refractivity contribution in [2.24, 2.45) is 63.4 Å². The summed E-state index contributed by atoms with van der Waals surface area (Å²) in [6, 6.07) is -0.846. The average molecular weight is 707 g/mol. The van der Waals surface area contributed by atoms with E-state index in [1.807, 2.05) is 20.8 Å². The number of carbonyl (C=O) groups is 4. The normalized spacial score (nSPS) is 59.1. The van der Waals surface area contributed by atoms with Crippen LogP contribution in [0.2, 0.25) is 0 Å². The first kappa shape index (κ1) is 34.5. The fourth-order valence-electron chi connectivity index (χ4n) is 13.3. The predicted octanol–water partition coefficient (Wildman–Crippen LogP) is -0.00580. The van der Waals surface area contributed by atoms with Crippen molar-refractivity contribution >= 4 is 24.0 Å². The van der Waals surface area contributed by atoms with Crippen molar-refractivity contribution in [3.8, 4) is 0 Å². The zero-order valence-electron chi connectivity index (χ0n) is 29.7. The second-order valence-electron chi connectivity index (χ2n) is 17.1. The van der Waals surface area contributed by atoms with Crippen LogP contribution in [0, 0.1) is 57.7 Å². The third-order valence-corrected chi connectivity index (χ3v) is 15.3. The third kappa shape index (κ3) is 3.76. The number of fused-ring (bicyclic) bond motifs is 9. The van der Waals surface area contributed by atoms with Crippen molar-refractivity contribution in [3.63, 3.8) is 0 Å². The monoisotopic (exact) mass is 706 g/mol. The molecule has 278 valence electrons. The minimum Gasteiger partial charge on any atom is -0.458 e. The molecule has 8 aliphatic rings. The van der Waals surface area contributed by atoms with Crippen molar-refractivity contribution in [1.82, 2.24) is 5.32 Å². The topological polar surface area (TPSA) is 229 Å². The number of carbonyl (C=O) groups excluding carboxylic acids is 4. The summed E-state index contributed by atoms with van der Waals surface area (Å²) in [5.74, 6) is -8.71. The summed E-state index contributed by atoms with van der Waals surface area (Å²) in [7, 11) is 0. The van der Waals surface area contributed by atoms with Crippen LogP contribution in [0.1, 0.15) is 61.8 Å². The Kier molecular flexibility index (Phi) is 7.12. The molecule has 1 amide bonds. The van der Waals surface area contributed by atoms with Crippen LogP contribution in [-0.4, -0.2) is 112 Å². The highest BCUT2D eigenvalue weighted by Gasteiger charge is 2.93. The zero-order chi connectivity index (χ0) is 36.4. The van der Waals surface area contributed by atoms with Crippen LogP contribution in [-0.2, 0) is 42.8 Å². The molecule has 3 aliphatic heterocycles. The summed E-state index contributed by atoms with van der Waals surface area (Å²) in [5, 5.41) is 39.8. The molecular formula is C35H50N2O13. The van der Waals surface area contributed by atoms with Crippen LogP contribution in [0.15, 0.2) is 0 Å². The molecule has 15 nitrogen and oxygen atoms in total. The SMILES string of the molecule is CCNC(=O)O[C@@H]1C2C([C@H](OC(C)=O)[C@H](OC(C)=O)[C@]3(C)[C@@H]4C([C@H](O)[C@@H]23)[C@]2(C)[C@]3(OC(=O)[C@@]2(C)O)O[C@@H]3[C@H]4C)[C@]2(C)[C@H](C[C@@H]3O[C@@H]3[C@@H]2O)[C@H]1N. The first-order valence-corrected chi connectivity index (χ1v) is 18.0. The Bertz CT molecular complexity index is 1540. The van der Waals surface area contributed by atoms with E-state index in [-0.39, 0.29) is 12.6 Å². The molecule has 15 heteroatoms. The van der Waals surface area contributed by atoms with Crippen LogP contribution in [0.4, 0.5) is 4.79 Å². The van der Waals surface area contributed by atoms with E-state index in [1.165, 1.54) is 20.8 Å². The molecule has 0 aromatic heterocycles. The smallest absolute Gasteiger partial charge is 0.407 e. The molecule has 21 atom stereocenters. The van der Waals surface area contributed by atoms with Gasteiger partial charge in [-0.15, -0.1) is 0 Å². The quantitative estimate of drug-likeness (QED) is 0.147. The highest BCUT2D eigenvalue weighted by atomic mass is 16.8. The van der Waals surface area contributed by atoms with E-state index in [2.05, 4.69) is 5.32 Å². The molecule has 1 spiro atoms. The first-order chi connectivity index (χ1) is 23.3. The second-order valence-corrected chi connectivity index (χ2v) is 17.1. The van der Waals surface area contributed by atoms with Gasteiger partial charge >= 0.3 is 24.0 Å². The Balaban J connectivity index is 1.39. The lowest BCUT2D eigenvalue weighted by Crippen LogP contribution is -2.76. The standard InChI is InChI=1S/C35H50N2O13/c1-9-37-30(43)48-24-16-18-22(40)20-17(11(2)27-35(49-27)33(20,7)34(8,44)29(42)50-35)32(18,6)28(46-13(4)39)25(45-12(3)38)19(16)31(5)14(21(24)36)10-15-23(47-15)26(31)41/h11,14-28,40-41,44H,9-10,36H2,1-8H3,(H,37,43)/t11-,14+,15-,16?,17-,18+,19?,20?,21+,22+,23-,24+,25-,26-,27+,28-,31-,32+,33-,34+,35-/m0/s1. The van der Waals surface area contributed by atoms with Gasteiger partial charge in [-0.3, -0.25) is 9.59 Å². The van der Waals surface area contributed by atoms with Crippen molar-refractivity contribution < 1.29 is 62.9 Å². The van der Waals surface area contributed by atoms with Crippen molar-refractivity contribution in [1.29, 1.82) is 0 Å². The maximum atomic E-state index is 13.4. The number of nitrogens with two attached hydrogens (primary N) is 1. The van der Waals surface area contributed by atoms with Crippen LogP contribution in [0.25, 0.3) is 0 Å². The van der Waals surface area contributed by atoms with Crippen LogP contribution in [0.3, 0.4) is 0 Å². The summed E-state index contributed by atoms with van der Waals surface area (Å²) >= 11 is 0. The highest BCUT2D eigenvalue weighted by Crippen LogP contribution is 2.80. The summed E-state index contributed by atoms with van der Waals surface area (Å²) < 4.78 is 36.7. The molecule has 0 radical (unpaired) electrons. The van der Waals surface area contributed by atoms with Gasteiger partial charge in [0.15, 0.2) is 5.60 Å². The molecule has 8 fully saturated rings. The summed E-state index contributed by atoms with van der Waals surface area (Å²) in [6.07, 6.45) is -7.54. The number of hydrogen-bond acceptors (Lipinski definition) is 14. The lowest BCUT2D eigenvalue weighted by atomic mass is 9.40. The van der Waals surface area contributed by atoms with E-state index in [0.29, 0.717) is 6.42 Å². The Labute approximate surface area is 290 Å². The molecule has 3 unspecified atom stereocenters. The van der Waals surface area contributed by atoms with E-state index in [4.69, 9.17) is 34.2 Å². The number of aliphatic hydroxyl groups excluding tert-OH is 2. The molecule has 5 saturated carbocycles. The largest absolute Gasteiger partial charge is 0.458 e. The maximum absolute atomic E-state index is 13.4. The Morgan fingerprint density at radius 1 is 0.960 bits per heavy atom. The third-order valence-electron chi connectivity index (χ3n) is 15.3. The van der Waals surface area contributed by atoms with Gasteiger partial charge in [0.25, 0.3) is 0 Å². The van der Waals surface area contributed by atoms with Crippen molar-refractivity contribution in [3.05, 3.63) is 0 Å². The van der Waals surface area contributed by atoms with Gasteiger partial charge in [-0.25, -0.2) is 9.59 Å². The van der Waals surface area contributed by atoms with E-state index < -0.39 is 142 Å². The van der Waals surface area contributed by atoms with Gasteiger partial charge in [0, 0.05) is 60.9 Å². The number of esters is 3. The lowest BCUT2D eigenvalue weighted by Gasteiger charge is -2.67. The minimum atomic E-state index is -2.09. The number of ether oxygens (including phenoxy) is 6. The van der Waals surface area contributed by atoms with E-state index in [1.54, 1.807) is 13.8 Å². The zero-order valence-corrected chi connectivity index (χ0v) is 29.7. The molecule has 0 bridgehead atoms. The summed E-state index contributed by atoms with van der Waals surface area (Å²) in [5.41, 5.74) is 1.21. The fourth-order valence-corrected chi connectivity index (χ4v) is 13.3. The Morgan fingerprint density at radius 2 is 1.62 bits per heavy atom. The number of epoxide rings is 2. The number of hydrogen-bond donors (Lipinski definition) is 5. The van der Waals surface area contributed by atoms with Gasteiger partial charge in [-0.2, -0.15) is 0 Å². The van der Waals surface area contributed by atoms with Crippen LogP contribution in [0.5, 0.6) is 0 Å². The van der Waals surface area contributed by atoms with Gasteiger partial charge in [0.05, 0.1) is 23.7 Å². The molecule has 0 aromatic carbocycles. The molecule has 50 heavy (non-hydrogen) atoms. The Morgan fingerprint density at radius 3 is 2.24 bits per heavy atom. The Hall–Kier alpha value is -2.56. The molecule has 8 rings (SSSR count). The van der Waals surface area contributed by atoms with Crippen LogP contribution < -0.4 is 11.1 Å². The lowest BCUT2D eigenvalue weighted by molar-refractivity contribution is -0.283. The van der Waals surface area contributed by atoms with Gasteiger partial charge < -0.3 is 54.8 Å². The first-order valence-electron chi connectivity index (χ1n) is 18.0. The molecule has 0 aromatic rings. The number of alkyl carbamates (subject to hydrolysis) is 1. The summed E-state index contributed by atoms with van der Waals surface area (Å²) in [6.45, 7) is 13.2. The maximum Gasteiger partial charge on any atom is 0.407 e.